The smallest absolute Gasteiger partial charge is 0.222 e. The van der Waals surface area contributed by atoms with Crippen LogP contribution in [-0.2, 0) is 14.3 Å². The first kappa shape index (κ1) is 35.7. The lowest BCUT2D eigenvalue weighted by Crippen LogP contribution is -2.63. The van der Waals surface area contributed by atoms with Crippen molar-refractivity contribution in [1.29, 1.82) is 0 Å². The number of nitrogens with one attached hydrogen (secondary N) is 2. The first-order chi connectivity index (χ1) is 18.9. The van der Waals surface area contributed by atoms with Gasteiger partial charge in [-0.15, -0.1) is 0 Å². The normalized spacial score (nSPS) is 23.1. The fourth-order valence-electron chi connectivity index (χ4n) is 4.97. The van der Waals surface area contributed by atoms with Crippen LogP contribution in [-0.4, -0.2) is 82.6 Å². The molecule has 0 radical (unpaired) electrons. The molecule has 10 heteroatoms. The van der Waals surface area contributed by atoms with E-state index in [-0.39, 0.29) is 11.8 Å². The van der Waals surface area contributed by atoms with E-state index in [0.29, 0.717) is 25.9 Å². The average molecular weight is 560 g/mol. The van der Waals surface area contributed by atoms with Gasteiger partial charge in [0, 0.05) is 25.9 Å². The molecular weight excluding hydrogens is 502 g/mol. The van der Waals surface area contributed by atoms with Crippen LogP contribution < -0.4 is 16.4 Å². The Kier molecular flexibility index (Phi) is 21.4. The molecule has 1 aliphatic rings. The molecule has 1 aliphatic heterocycles. The third kappa shape index (κ3) is 17.2. The monoisotopic (exact) mass is 559 g/mol. The summed E-state index contributed by atoms with van der Waals surface area (Å²) in [6.07, 6.45) is 14.7. The lowest BCUT2D eigenvalue weighted by molar-refractivity contribution is -0.236. The van der Waals surface area contributed by atoms with Crippen molar-refractivity contribution >= 4 is 11.8 Å². The summed E-state index contributed by atoms with van der Waals surface area (Å²) in [4.78, 5) is 23.6. The first-order valence-electron chi connectivity index (χ1n) is 15.5. The van der Waals surface area contributed by atoms with Crippen molar-refractivity contribution in [3.05, 3.63) is 0 Å². The number of carbonyl (C=O) groups is 2. The second kappa shape index (κ2) is 23.4. The van der Waals surface area contributed by atoms with Gasteiger partial charge in [-0.05, 0) is 12.8 Å². The summed E-state index contributed by atoms with van der Waals surface area (Å²) in [5.74, 6) is -0.156. The number of nitrogens with two attached hydrogens (primary N) is 1. The van der Waals surface area contributed by atoms with E-state index in [9.17, 15) is 30.0 Å². The molecule has 0 saturated carbocycles. The molecule has 0 aliphatic carbocycles. The van der Waals surface area contributed by atoms with Gasteiger partial charge >= 0.3 is 0 Å². The van der Waals surface area contributed by atoms with E-state index in [1.165, 1.54) is 77.0 Å². The Hall–Kier alpha value is -1.30. The zero-order valence-corrected chi connectivity index (χ0v) is 24.0. The van der Waals surface area contributed by atoms with Crippen molar-refractivity contribution in [2.24, 2.45) is 5.73 Å². The summed E-state index contributed by atoms with van der Waals surface area (Å²) in [5.41, 5.74) is 5.37. The fraction of sp³-hybridized carbons (Fsp3) is 0.931. The molecule has 8 N–H and O–H groups in total. The summed E-state index contributed by atoms with van der Waals surface area (Å²) in [5, 5.41) is 44.1. The van der Waals surface area contributed by atoms with Crippen LogP contribution in [0.25, 0.3) is 0 Å². The summed E-state index contributed by atoms with van der Waals surface area (Å²) in [6, 6.07) is 0. The van der Waals surface area contributed by atoms with Crippen molar-refractivity contribution in [1.82, 2.24) is 10.6 Å². The number of unbranched alkanes of at least 4 members (excludes halogenated alkanes) is 16. The number of aliphatic hydroxyl groups is 4. The van der Waals surface area contributed by atoms with Crippen molar-refractivity contribution in [3.8, 4) is 0 Å². The van der Waals surface area contributed by atoms with Gasteiger partial charge in [-0.25, -0.2) is 0 Å². The van der Waals surface area contributed by atoms with E-state index in [0.717, 1.165) is 32.1 Å². The summed E-state index contributed by atoms with van der Waals surface area (Å²) in [6.45, 7) is 0.559. The summed E-state index contributed by atoms with van der Waals surface area (Å²) in [7, 11) is 0. The van der Waals surface area contributed by atoms with Gasteiger partial charge in [-0.2, -0.15) is 0 Å². The van der Waals surface area contributed by atoms with Gasteiger partial charge in [-0.1, -0.05) is 96.3 Å². The van der Waals surface area contributed by atoms with Gasteiger partial charge < -0.3 is 41.5 Å². The van der Waals surface area contributed by atoms with Crippen molar-refractivity contribution in [2.75, 3.05) is 19.7 Å². The van der Waals surface area contributed by atoms with Gasteiger partial charge in [0.25, 0.3) is 0 Å². The van der Waals surface area contributed by atoms with Crippen LogP contribution in [0.4, 0.5) is 0 Å². The van der Waals surface area contributed by atoms with Crippen molar-refractivity contribution in [3.63, 3.8) is 0 Å². The molecule has 0 spiro atoms. The Morgan fingerprint density at radius 3 is 1.44 bits per heavy atom. The molecule has 230 valence electrons. The highest BCUT2D eigenvalue weighted by Crippen LogP contribution is 2.20. The molecule has 2 amide bonds. The van der Waals surface area contributed by atoms with Gasteiger partial charge in [-0.3, -0.25) is 9.59 Å². The molecule has 1 heterocycles. The number of hydrogen-bond donors (Lipinski definition) is 7. The molecule has 1 rings (SSSR count). The number of carbonyl (C=O) groups excluding carboxylic acids is 2. The largest absolute Gasteiger partial charge is 0.394 e. The standard InChI is InChI=1S/C29H57N3O7/c30-20-21-31-24(34)18-16-14-12-10-8-6-4-2-1-3-5-7-9-11-13-15-17-19-25(35)32-29-28(38)27(37)26(36)23(22-33)39-29/h23,26-29,33,36-38H,1-22,30H2,(H,31,34)(H,32,35)/t23-,26-,27+,28-,29-/m1/s1. The highest BCUT2D eigenvalue weighted by atomic mass is 16.6. The predicted molar refractivity (Wildman–Crippen MR) is 152 cm³/mol. The number of hydrogen-bond acceptors (Lipinski definition) is 8. The minimum Gasteiger partial charge on any atom is -0.394 e. The molecular formula is C29H57N3O7. The second-order valence-electron chi connectivity index (χ2n) is 11.0. The van der Waals surface area contributed by atoms with Crippen LogP contribution >= 0.6 is 0 Å². The predicted octanol–water partition coefficient (Wildman–Crippen LogP) is 2.39. The third-order valence-corrected chi connectivity index (χ3v) is 7.47. The lowest BCUT2D eigenvalue weighted by atomic mass is 9.98. The van der Waals surface area contributed by atoms with E-state index >= 15 is 0 Å². The molecule has 0 aromatic carbocycles. The zero-order valence-electron chi connectivity index (χ0n) is 24.0. The average Bonchev–Trinajstić information content (AvgIpc) is 2.93. The van der Waals surface area contributed by atoms with Gasteiger partial charge in [0.15, 0.2) is 6.23 Å². The minimum atomic E-state index is -1.48. The van der Waals surface area contributed by atoms with E-state index in [1.807, 2.05) is 0 Å². The number of aliphatic hydroxyl groups excluding tert-OH is 4. The van der Waals surface area contributed by atoms with Crippen LogP contribution in [0.5, 0.6) is 0 Å². The molecule has 0 aromatic rings. The Balaban J connectivity index is 1.83. The topological polar surface area (TPSA) is 174 Å². The van der Waals surface area contributed by atoms with Crippen molar-refractivity contribution in [2.45, 2.75) is 153 Å². The third-order valence-electron chi connectivity index (χ3n) is 7.47. The van der Waals surface area contributed by atoms with Crippen LogP contribution in [0, 0.1) is 0 Å². The highest BCUT2D eigenvalue weighted by Gasteiger charge is 2.43. The van der Waals surface area contributed by atoms with Crippen LogP contribution in [0.3, 0.4) is 0 Å². The van der Waals surface area contributed by atoms with E-state index < -0.39 is 37.3 Å². The van der Waals surface area contributed by atoms with Gasteiger partial charge in [0.1, 0.15) is 24.4 Å². The van der Waals surface area contributed by atoms with Gasteiger partial charge in [0.2, 0.25) is 11.8 Å². The lowest BCUT2D eigenvalue weighted by Gasteiger charge is -2.40. The maximum atomic E-state index is 12.1. The molecule has 0 bridgehead atoms. The van der Waals surface area contributed by atoms with E-state index in [4.69, 9.17) is 10.5 Å². The molecule has 0 aromatic heterocycles. The Bertz CT molecular complexity index is 624. The molecule has 10 nitrogen and oxygen atoms in total. The Morgan fingerprint density at radius 2 is 1.03 bits per heavy atom. The van der Waals surface area contributed by atoms with Gasteiger partial charge in [0.05, 0.1) is 6.61 Å². The van der Waals surface area contributed by atoms with E-state index in [2.05, 4.69) is 10.6 Å². The maximum absolute atomic E-state index is 12.1. The minimum absolute atomic E-state index is 0.122. The zero-order chi connectivity index (χ0) is 28.7. The molecule has 1 fully saturated rings. The molecule has 0 unspecified atom stereocenters. The number of ether oxygens (including phenoxy) is 1. The highest BCUT2D eigenvalue weighted by molar-refractivity contribution is 5.76. The quantitative estimate of drug-likeness (QED) is 0.0882. The van der Waals surface area contributed by atoms with Crippen LogP contribution in [0.1, 0.15) is 122 Å². The Labute approximate surface area is 235 Å². The molecule has 1 saturated heterocycles. The number of amides is 2. The van der Waals surface area contributed by atoms with Crippen molar-refractivity contribution < 1.29 is 34.8 Å². The first-order valence-corrected chi connectivity index (χ1v) is 15.5. The molecule has 5 atom stereocenters. The van der Waals surface area contributed by atoms with Crippen LogP contribution in [0.15, 0.2) is 0 Å². The fourth-order valence-corrected chi connectivity index (χ4v) is 4.97. The second-order valence-corrected chi connectivity index (χ2v) is 11.0. The maximum Gasteiger partial charge on any atom is 0.222 e. The van der Waals surface area contributed by atoms with Crippen LogP contribution in [0.2, 0.25) is 0 Å². The Morgan fingerprint density at radius 1 is 0.615 bits per heavy atom. The summed E-state index contributed by atoms with van der Waals surface area (Å²) < 4.78 is 5.30. The number of rotatable bonds is 24. The SMILES string of the molecule is NCCNC(=O)CCCCCCCCCCCCCCCCCCCC(=O)N[C@@H]1O[C@H](CO)[C@@H](O)[C@H](O)[C@H]1O. The molecule has 39 heavy (non-hydrogen) atoms. The van der Waals surface area contributed by atoms with E-state index in [1.54, 1.807) is 0 Å². The summed E-state index contributed by atoms with van der Waals surface area (Å²) >= 11 is 0.